The molecule has 2 N–H and O–H groups in total. The van der Waals surface area contributed by atoms with Gasteiger partial charge in [0.1, 0.15) is 0 Å². The minimum Gasteiger partial charge on any atom is -0.346 e. The van der Waals surface area contributed by atoms with Gasteiger partial charge in [-0.15, -0.1) is 0 Å². The number of carbonyl (C=O) groups excluding carboxylic acids is 1. The summed E-state index contributed by atoms with van der Waals surface area (Å²) in [7, 11) is 0. The first-order chi connectivity index (χ1) is 8.84. The molecule has 0 saturated carbocycles. The molecule has 3 rings (SSSR count). The highest BCUT2D eigenvalue weighted by Gasteiger charge is 2.08. The lowest BCUT2D eigenvalue weighted by Crippen LogP contribution is -2.22. The summed E-state index contributed by atoms with van der Waals surface area (Å²) in [5.74, 6) is -0.166. The van der Waals surface area contributed by atoms with E-state index in [1.807, 2.05) is 28.8 Å². The maximum atomic E-state index is 11.7. The van der Waals surface area contributed by atoms with Crippen LogP contribution in [-0.2, 0) is 6.54 Å². The topological polar surface area (TPSA) is 75.1 Å². The molecule has 0 aliphatic heterocycles. The smallest absolute Gasteiger partial charge is 0.254 e. The number of carbonyl (C=O) groups is 1. The number of aromatic amines is 1. The molecule has 0 bridgehead atoms. The third-order valence-corrected chi connectivity index (χ3v) is 2.70. The monoisotopic (exact) mass is 241 g/mol. The molecule has 3 aromatic heterocycles. The van der Waals surface area contributed by atoms with E-state index >= 15 is 0 Å². The summed E-state index contributed by atoms with van der Waals surface area (Å²) in [5.41, 5.74) is 2.34. The average molecular weight is 241 g/mol. The van der Waals surface area contributed by atoms with Crippen LogP contribution in [0.4, 0.5) is 0 Å². The van der Waals surface area contributed by atoms with Gasteiger partial charge in [-0.25, -0.2) is 4.98 Å². The number of H-pyrrole nitrogens is 1. The third-order valence-electron chi connectivity index (χ3n) is 2.70. The van der Waals surface area contributed by atoms with Crippen LogP contribution in [0.5, 0.6) is 0 Å². The van der Waals surface area contributed by atoms with Crippen LogP contribution < -0.4 is 5.32 Å². The van der Waals surface area contributed by atoms with Gasteiger partial charge in [0, 0.05) is 12.4 Å². The molecule has 1 amide bonds. The van der Waals surface area contributed by atoms with Gasteiger partial charge in [0.05, 0.1) is 35.8 Å². The Morgan fingerprint density at radius 3 is 3.22 bits per heavy atom. The van der Waals surface area contributed by atoms with Crippen molar-refractivity contribution in [1.82, 2.24) is 24.9 Å². The zero-order chi connectivity index (χ0) is 12.4. The number of amides is 1. The molecule has 0 radical (unpaired) electrons. The van der Waals surface area contributed by atoms with E-state index in [1.165, 1.54) is 6.20 Å². The van der Waals surface area contributed by atoms with Gasteiger partial charge in [0.15, 0.2) is 0 Å². The van der Waals surface area contributed by atoms with Gasteiger partial charge < -0.3 is 9.72 Å². The first kappa shape index (κ1) is 10.5. The molecule has 6 heteroatoms. The van der Waals surface area contributed by atoms with Crippen molar-refractivity contribution in [1.29, 1.82) is 0 Å². The normalized spacial score (nSPS) is 10.7. The number of hydrogen-bond donors (Lipinski definition) is 2. The van der Waals surface area contributed by atoms with E-state index in [4.69, 9.17) is 0 Å². The van der Waals surface area contributed by atoms with Crippen molar-refractivity contribution >= 4 is 11.4 Å². The molecule has 0 unspecified atom stereocenters. The maximum absolute atomic E-state index is 11.7. The van der Waals surface area contributed by atoms with Gasteiger partial charge in [-0.3, -0.25) is 9.89 Å². The fraction of sp³-hybridized carbons (Fsp3) is 0.0833. The average Bonchev–Trinajstić information content (AvgIpc) is 3.06. The summed E-state index contributed by atoms with van der Waals surface area (Å²) in [6.45, 7) is 0.393. The molecule has 0 atom stereocenters. The zero-order valence-electron chi connectivity index (χ0n) is 9.50. The van der Waals surface area contributed by atoms with Gasteiger partial charge >= 0.3 is 0 Å². The number of rotatable bonds is 3. The zero-order valence-corrected chi connectivity index (χ0v) is 9.50. The van der Waals surface area contributed by atoms with Crippen LogP contribution in [0.25, 0.3) is 5.52 Å². The molecule has 3 aromatic rings. The number of nitrogens with one attached hydrogen (secondary N) is 2. The molecule has 3 heterocycles. The summed E-state index contributed by atoms with van der Waals surface area (Å²) in [6.07, 6.45) is 6.69. The standard InChI is InChI=1S/C12H11N5O/c18-12(9-5-15-16-6-9)13-7-10-11-3-1-2-4-17(11)8-14-10/h1-6,8H,7H2,(H,13,18)(H,15,16). The van der Waals surface area contributed by atoms with Crippen LogP contribution in [0.1, 0.15) is 16.1 Å². The van der Waals surface area contributed by atoms with Gasteiger partial charge in [0.25, 0.3) is 5.91 Å². The van der Waals surface area contributed by atoms with Crippen LogP contribution in [0.3, 0.4) is 0 Å². The molecule has 0 fully saturated rings. The van der Waals surface area contributed by atoms with Crippen LogP contribution in [-0.4, -0.2) is 25.5 Å². The highest BCUT2D eigenvalue weighted by atomic mass is 16.1. The van der Waals surface area contributed by atoms with Gasteiger partial charge in [-0.2, -0.15) is 5.10 Å². The Bertz CT molecular complexity index is 671. The van der Waals surface area contributed by atoms with Crippen molar-refractivity contribution in [3.63, 3.8) is 0 Å². The number of nitrogens with zero attached hydrogens (tertiary/aromatic N) is 3. The number of pyridine rings is 1. The van der Waals surface area contributed by atoms with Crippen molar-refractivity contribution in [2.45, 2.75) is 6.54 Å². The van der Waals surface area contributed by atoms with Gasteiger partial charge in [-0.05, 0) is 12.1 Å². The molecule has 0 aliphatic carbocycles. The van der Waals surface area contributed by atoms with Crippen LogP contribution in [0.15, 0.2) is 43.1 Å². The molecular formula is C12H11N5O. The molecule has 6 nitrogen and oxygen atoms in total. The summed E-state index contributed by atoms with van der Waals surface area (Å²) in [5, 5.41) is 9.14. The van der Waals surface area contributed by atoms with E-state index in [2.05, 4.69) is 20.5 Å². The molecule has 18 heavy (non-hydrogen) atoms. The predicted molar refractivity (Wildman–Crippen MR) is 64.9 cm³/mol. The largest absolute Gasteiger partial charge is 0.346 e. The Morgan fingerprint density at radius 2 is 2.39 bits per heavy atom. The van der Waals surface area contributed by atoms with Crippen molar-refractivity contribution < 1.29 is 4.79 Å². The Kier molecular flexibility index (Phi) is 2.53. The summed E-state index contributed by atoms with van der Waals surface area (Å²) >= 11 is 0. The van der Waals surface area contributed by atoms with Crippen molar-refractivity contribution in [3.05, 3.63) is 54.4 Å². The van der Waals surface area contributed by atoms with E-state index in [-0.39, 0.29) is 5.91 Å². The lowest BCUT2D eigenvalue weighted by Gasteiger charge is -2.01. The molecular weight excluding hydrogens is 230 g/mol. The fourth-order valence-electron chi connectivity index (χ4n) is 1.78. The molecule has 0 saturated heterocycles. The Labute approximate surface area is 103 Å². The number of aromatic nitrogens is 4. The number of fused-ring (bicyclic) bond motifs is 1. The minimum atomic E-state index is -0.166. The van der Waals surface area contributed by atoms with Crippen molar-refractivity contribution in [3.8, 4) is 0 Å². The molecule has 0 aliphatic rings. The first-order valence-electron chi connectivity index (χ1n) is 5.52. The maximum Gasteiger partial charge on any atom is 0.254 e. The first-order valence-corrected chi connectivity index (χ1v) is 5.52. The van der Waals surface area contributed by atoms with E-state index in [0.29, 0.717) is 12.1 Å². The Morgan fingerprint density at radius 1 is 1.44 bits per heavy atom. The second kappa shape index (κ2) is 4.33. The van der Waals surface area contributed by atoms with E-state index in [9.17, 15) is 4.79 Å². The Balaban J connectivity index is 1.76. The highest BCUT2D eigenvalue weighted by molar-refractivity contribution is 5.93. The lowest BCUT2D eigenvalue weighted by atomic mass is 10.3. The van der Waals surface area contributed by atoms with E-state index < -0.39 is 0 Å². The second-order valence-electron chi connectivity index (χ2n) is 3.85. The Hall–Kier alpha value is -2.63. The van der Waals surface area contributed by atoms with Crippen LogP contribution in [0.2, 0.25) is 0 Å². The van der Waals surface area contributed by atoms with Crippen molar-refractivity contribution in [2.75, 3.05) is 0 Å². The molecule has 0 aromatic carbocycles. The van der Waals surface area contributed by atoms with E-state index in [0.717, 1.165) is 11.2 Å². The fourth-order valence-corrected chi connectivity index (χ4v) is 1.78. The summed E-state index contributed by atoms with van der Waals surface area (Å²) < 4.78 is 1.92. The quantitative estimate of drug-likeness (QED) is 0.718. The van der Waals surface area contributed by atoms with E-state index in [1.54, 1.807) is 12.5 Å². The summed E-state index contributed by atoms with van der Waals surface area (Å²) in [4.78, 5) is 16.0. The number of hydrogen-bond acceptors (Lipinski definition) is 3. The number of imidazole rings is 1. The second-order valence-corrected chi connectivity index (χ2v) is 3.85. The lowest BCUT2D eigenvalue weighted by molar-refractivity contribution is 0.0950. The minimum absolute atomic E-state index is 0.166. The third kappa shape index (κ3) is 1.84. The molecule has 0 spiro atoms. The van der Waals surface area contributed by atoms with Gasteiger partial charge in [-0.1, -0.05) is 6.07 Å². The SMILES string of the molecule is O=C(NCc1ncn2ccccc12)c1cn[nH]c1. The van der Waals surface area contributed by atoms with Crippen molar-refractivity contribution in [2.24, 2.45) is 0 Å². The highest BCUT2D eigenvalue weighted by Crippen LogP contribution is 2.08. The van der Waals surface area contributed by atoms with Crippen LogP contribution in [0, 0.1) is 0 Å². The van der Waals surface area contributed by atoms with Crippen LogP contribution >= 0.6 is 0 Å². The predicted octanol–water partition coefficient (Wildman–Crippen LogP) is 0.987. The summed E-state index contributed by atoms with van der Waals surface area (Å²) in [6, 6.07) is 5.84. The van der Waals surface area contributed by atoms with Gasteiger partial charge in [0.2, 0.25) is 0 Å². The molecule has 90 valence electrons.